The van der Waals surface area contributed by atoms with Crippen LogP contribution in [0, 0.1) is 11.3 Å². The van der Waals surface area contributed by atoms with E-state index in [2.05, 4.69) is 11.4 Å². The molecule has 0 aliphatic carbocycles. The van der Waals surface area contributed by atoms with Gasteiger partial charge >= 0.3 is 5.97 Å². The SMILES string of the molecule is COC(=O)c1cccc(N)c1NCc1ccc(-c2ccccc2C#N)cc1. The van der Waals surface area contributed by atoms with E-state index in [1.54, 1.807) is 24.3 Å². The van der Waals surface area contributed by atoms with Gasteiger partial charge in [-0.15, -0.1) is 0 Å². The molecule has 0 bridgehead atoms. The van der Waals surface area contributed by atoms with Crippen LogP contribution >= 0.6 is 0 Å². The molecule has 0 amide bonds. The summed E-state index contributed by atoms with van der Waals surface area (Å²) in [4.78, 5) is 11.9. The van der Waals surface area contributed by atoms with Crippen molar-refractivity contribution < 1.29 is 9.53 Å². The van der Waals surface area contributed by atoms with Crippen LogP contribution in [0.1, 0.15) is 21.5 Å². The van der Waals surface area contributed by atoms with Crippen molar-refractivity contribution in [1.29, 1.82) is 5.26 Å². The first-order valence-corrected chi connectivity index (χ1v) is 8.43. The lowest BCUT2D eigenvalue weighted by Crippen LogP contribution is -2.10. The molecule has 3 N–H and O–H groups in total. The van der Waals surface area contributed by atoms with Crippen molar-refractivity contribution >= 4 is 17.3 Å². The maximum atomic E-state index is 11.9. The standard InChI is InChI=1S/C22H19N3O2/c1-27-22(26)19-7-4-8-20(24)21(19)25-14-15-9-11-16(12-10-15)18-6-3-2-5-17(18)13-23/h2-12,25H,14,24H2,1H3. The third-order valence-corrected chi connectivity index (χ3v) is 4.28. The molecule has 27 heavy (non-hydrogen) atoms. The Balaban J connectivity index is 1.79. The highest BCUT2D eigenvalue weighted by Gasteiger charge is 2.14. The lowest BCUT2D eigenvalue weighted by Gasteiger charge is -2.13. The lowest BCUT2D eigenvalue weighted by atomic mass is 9.99. The molecule has 0 aliphatic rings. The van der Waals surface area contributed by atoms with E-state index in [1.165, 1.54) is 7.11 Å². The second-order valence-electron chi connectivity index (χ2n) is 5.97. The largest absolute Gasteiger partial charge is 0.465 e. The molecule has 5 heteroatoms. The van der Waals surface area contributed by atoms with E-state index in [4.69, 9.17) is 10.5 Å². The van der Waals surface area contributed by atoms with Crippen LogP contribution in [0.15, 0.2) is 66.7 Å². The predicted octanol–water partition coefficient (Wildman–Crippen LogP) is 4.21. The normalized spacial score (nSPS) is 10.1. The number of para-hydroxylation sites is 1. The zero-order valence-electron chi connectivity index (χ0n) is 14.9. The summed E-state index contributed by atoms with van der Waals surface area (Å²) in [5.41, 5.74) is 11.0. The van der Waals surface area contributed by atoms with E-state index in [0.29, 0.717) is 29.0 Å². The lowest BCUT2D eigenvalue weighted by molar-refractivity contribution is 0.0602. The van der Waals surface area contributed by atoms with Crippen LogP contribution in [-0.2, 0) is 11.3 Å². The third kappa shape index (κ3) is 3.91. The molecule has 0 saturated carbocycles. The molecule has 0 unspecified atom stereocenters. The van der Waals surface area contributed by atoms with Crippen LogP contribution in [0.5, 0.6) is 0 Å². The molecule has 134 valence electrons. The number of carbonyl (C=O) groups excluding carboxylic acids is 1. The number of ether oxygens (including phenoxy) is 1. The Kier molecular flexibility index (Phi) is 5.38. The zero-order chi connectivity index (χ0) is 19.2. The van der Waals surface area contributed by atoms with Gasteiger partial charge in [0.1, 0.15) is 0 Å². The van der Waals surface area contributed by atoms with E-state index in [9.17, 15) is 10.1 Å². The van der Waals surface area contributed by atoms with E-state index in [0.717, 1.165) is 16.7 Å². The summed E-state index contributed by atoms with van der Waals surface area (Å²) in [6, 6.07) is 22.7. The highest BCUT2D eigenvalue weighted by molar-refractivity contribution is 5.98. The first-order valence-electron chi connectivity index (χ1n) is 8.43. The van der Waals surface area contributed by atoms with Crippen molar-refractivity contribution in [3.8, 4) is 17.2 Å². The summed E-state index contributed by atoms with van der Waals surface area (Å²) in [6.45, 7) is 0.498. The Bertz CT molecular complexity index is 1000. The number of nitrogens with one attached hydrogen (secondary N) is 1. The predicted molar refractivity (Wildman–Crippen MR) is 106 cm³/mol. The smallest absolute Gasteiger partial charge is 0.340 e. The Labute approximate surface area is 158 Å². The number of nitrogens with two attached hydrogens (primary N) is 1. The molecular formula is C22H19N3O2. The molecule has 0 fully saturated rings. The monoisotopic (exact) mass is 357 g/mol. The number of methoxy groups -OCH3 is 1. The van der Waals surface area contributed by atoms with Crippen LogP contribution in [0.3, 0.4) is 0 Å². The Morgan fingerprint density at radius 3 is 2.52 bits per heavy atom. The van der Waals surface area contributed by atoms with Crippen molar-refractivity contribution in [1.82, 2.24) is 0 Å². The fourth-order valence-electron chi connectivity index (χ4n) is 2.87. The van der Waals surface area contributed by atoms with Gasteiger partial charge in [0, 0.05) is 6.54 Å². The maximum absolute atomic E-state index is 11.9. The highest BCUT2D eigenvalue weighted by Crippen LogP contribution is 2.26. The van der Waals surface area contributed by atoms with E-state index >= 15 is 0 Å². The number of nitriles is 1. The Morgan fingerprint density at radius 1 is 1.07 bits per heavy atom. The molecule has 0 atom stereocenters. The first-order chi connectivity index (χ1) is 13.1. The average Bonchev–Trinajstić information content (AvgIpc) is 2.72. The number of anilines is 2. The summed E-state index contributed by atoms with van der Waals surface area (Å²) < 4.78 is 4.81. The van der Waals surface area contributed by atoms with Gasteiger partial charge < -0.3 is 15.8 Å². The number of benzene rings is 3. The number of nitrogen functional groups attached to an aromatic ring is 1. The third-order valence-electron chi connectivity index (χ3n) is 4.28. The molecule has 0 spiro atoms. The van der Waals surface area contributed by atoms with E-state index < -0.39 is 5.97 Å². The molecule has 0 saturated heterocycles. The van der Waals surface area contributed by atoms with Crippen LogP contribution in [0.25, 0.3) is 11.1 Å². The van der Waals surface area contributed by atoms with Gasteiger partial charge in [-0.05, 0) is 34.9 Å². The highest BCUT2D eigenvalue weighted by atomic mass is 16.5. The van der Waals surface area contributed by atoms with E-state index in [-0.39, 0.29) is 0 Å². The second kappa shape index (κ2) is 8.07. The summed E-state index contributed by atoms with van der Waals surface area (Å²) in [5.74, 6) is -0.437. The van der Waals surface area contributed by atoms with Crippen molar-refractivity contribution in [2.45, 2.75) is 6.54 Å². The summed E-state index contributed by atoms with van der Waals surface area (Å²) in [7, 11) is 1.34. The fourth-order valence-corrected chi connectivity index (χ4v) is 2.87. The van der Waals surface area contributed by atoms with E-state index in [1.807, 2.05) is 42.5 Å². The maximum Gasteiger partial charge on any atom is 0.340 e. The second-order valence-corrected chi connectivity index (χ2v) is 5.97. The van der Waals surface area contributed by atoms with Gasteiger partial charge in [0.2, 0.25) is 0 Å². The number of carbonyl (C=O) groups is 1. The molecule has 3 aromatic carbocycles. The Morgan fingerprint density at radius 2 is 1.81 bits per heavy atom. The molecule has 0 radical (unpaired) electrons. The van der Waals surface area contributed by atoms with Crippen LogP contribution in [0.2, 0.25) is 0 Å². The quantitative estimate of drug-likeness (QED) is 0.527. The molecule has 0 aliphatic heterocycles. The number of hydrogen-bond acceptors (Lipinski definition) is 5. The molecule has 0 aromatic heterocycles. The van der Waals surface area contributed by atoms with Crippen LogP contribution < -0.4 is 11.1 Å². The number of nitrogens with zero attached hydrogens (tertiary/aromatic N) is 1. The van der Waals surface area contributed by atoms with Crippen molar-refractivity contribution in [2.75, 3.05) is 18.2 Å². The molecule has 5 nitrogen and oxygen atoms in total. The molecule has 3 aromatic rings. The van der Waals surface area contributed by atoms with Gasteiger partial charge in [-0.25, -0.2) is 4.79 Å². The van der Waals surface area contributed by atoms with Gasteiger partial charge in [-0.3, -0.25) is 0 Å². The Hall–Kier alpha value is -3.78. The fraction of sp³-hybridized carbons (Fsp3) is 0.0909. The first kappa shape index (κ1) is 18.0. The van der Waals surface area contributed by atoms with Crippen molar-refractivity contribution in [2.24, 2.45) is 0 Å². The van der Waals surface area contributed by atoms with Crippen LogP contribution in [0.4, 0.5) is 11.4 Å². The van der Waals surface area contributed by atoms with Crippen molar-refractivity contribution in [3.63, 3.8) is 0 Å². The van der Waals surface area contributed by atoms with Crippen molar-refractivity contribution in [3.05, 3.63) is 83.4 Å². The van der Waals surface area contributed by atoms with Gasteiger partial charge in [0.05, 0.1) is 35.7 Å². The molecule has 0 heterocycles. The summed E-state index contributed by atoms with van der Waals surface area (Å²) in [6.07, 6.45) is 0. The number of esters is 1. The van der Waals surface area contributed by atoms with Crippen LogP contribution in [-0.4, -0.2) is 13.1 Å². The topological polar surface area (TPSA) is 88.1 Å². The number of hydrogen-bond donors (Lipinski definition) is 2. The van der Waals surface area contributed by atoms with Gasteiger partial charge in [-0.1, -0.05) is 48.5 Å². The summed E-state index contributed by atoms with van der Waals surface area (Å²) >= 11 is 0. The minimum atomic E-state index is -0.437. The minimum absolute atomic E-state index is 0.400. The minimum Gasteiger partial charge on any atom is -0.465 e. The van der Waals surface area contributed by atoms with Gasteiger partial charge in [0.15, 0.2) is 0 Å². The average molecular weight is 357 g/mol. The van der Waals surface area contributed by atoms with Gasteiger partial charge in [-0.2, -0.15) is 5.26 Å². The molecular weight excluding hydrogens is 338 g/mol. The number of rotatable bonds is 5. The molecule has 3 rings (SSSR count). The summed E-state index contributed by atoms with van der Waals surface area (Å²) in [5, 5.41) is 12.5. The zero-order valence-corrected chi connectivity index (χ0v) is 14.9. The van der Waals surface area contributed by atoms with Gasteiger partial charge in [0.25, 0.3) is 0 Å².